The van der Waals surface area contributed by atoms with Gasteiger partial charge in [-0.15, -0.1) is 0 Å². The molecule has 7 heteroatoms. The number of oxime groups is 1. The van der Waals surface area contributed by atoms with E-state index >= 15 is 0 Å². The number of ether oxygens (including phenoxy) is 2. The van der Waals surface area contributed by atoms with Crippen molar-refractivity contribution in [2.75, 3.05) is 19.8 Å². The summed E-state index contributed by atoms with van der Waals surface area (Å²) in [5, 5.41) is 11.4. The SMILES string of the molecule is CCCOCCOc1nccnc1C(N)=NO. The van der Waals surface area contributed by atoms with Crippen molar-refractivity contribution in [3.63, 3.8) is 0 Å². The van der Waals surface area contributed by atoms with Crippen LogP contribution in [0, 0.1) is 0 Å². The molecule has 0 fully saturated rings. The highest BCUT2D eigenvalue weighted by molar-refractivity contribution is 5.97. The first-order valence-corrected chi connectivity index (χ1v) is 5.29. The van der Waals surface area contributed by atoms with Gasteiger partial charge in [-0.1, -0.05) is 12.1 Å². The van der Waals surface area contributed by atoms with Crippen molar-refractivity contribution in [1.29, 1.82) is 0 Å². The Kier molecular flexibility index (Phi) is 5.73. The zero-order chi connectivity index (χ0) is 12.5. The fourth-order valence-electron chi connectivity index (χ4n) is 1.10. The average Bonchev–Trinajstić information content (AvgIpc) is 2.38. The molecule has 0 atom stereocenters. The lowest BCUT2D eigenvalue weighted by Crippen LogP contribution is -2.18. The van der Waals surface area contributed by atoms with Crippen molar-refractivity contribution in [2.45, 2.75) is 13.3 Å². The van der Waals surface area contributed by atoms with Crippen LogP contribution in [0.1, 0.15) is 19.0 Å². The van der Waals surface area contributed by atoms with Crippen LogP contribution in [0.4, 0.5) is 0 Å². The van der Waals surface area contributed by atoms with Crippen molar-refractivity contribution in [3.05, 3.63) is 18.1 Å². The Bertz CT molecular complexity index is 370. The Hall–Kier alpha value is -1.89. The van der Waals surface area contributed by atoms with Crippen LogP contribution >= 0.6 is 0 Å². The van der Waals surface area contributed by atoms with Gasteiger partial charge in [0.2, 0.25) is 5.88 Å². The Morgan fingerprint density at radius 1 is 1.35 bits per heavy atom. The van der Waals surface area contributed by atoms with E-state index in [9.17, 15) is 0 Å². The molecular weight excluding hydrogens is 224 g/mol. The van der Waals surface area contributed by atoms with Crippen molar-refractivity contribution >= 4 is 5.84 Å². The molecule has 1 heterocycles. The van der Waals surface area contributed by atoms with E-state index in [1.807, 2.05) is 6.92 Å². The van der Waals surface area contributed by atoms with E-state index in [0.29, 0.717) is 19.8 Å². The lowest BCUT2D eigenvalue weighted by molar-refractivity contribution is 0.0987. The lowest BCUT2D eigenvalue weighted by atomic mass is 10.4. The molecule has 3 N–H and O–H groups in total. The van der Waals surface area contributed by atoms with Gasteiger partial charge in [-0.3, -0.25) is 0 Å². The molecule has 0 aliphatic heterocycles. The lowest BCUT2D eigenvalue weighted by Gasteiger charge is -2.08. The number of amidine groups is 1. The third kappa shape index (κ3) is 4.23. The summed E-state index contributed by atoms with van der Waals surface area (Å²) in [6.45, 7) is 3.52. The molecule has 0 saturated carbocycles. The first kappa shape index (κ1) is 13.2. The number of nitrogens with two attached hydrogens (primary N) is 1. The normalized spacial score (nSPS) is 11.5. The molecule has 0 aliphatic rings. The quantitative estimate of drug-likeness (QED) is 0.235. The minimum atomic E-state index is -0.137. The van der Waals surface area contributed by atoms with Gasteiger partial charge < -0.3 is 20.4 Å². The van der Waals surface area contributed by atoms with Crippen molar-refractivity contribution in [3.8, 4) is 5.88 Å². The van der Waals surface area contributed by atoms with Gasteiger partial charge in [-0.25, -0.2) is 9.97 Å². The maximum absolute atomic E-state index is 8.57. The van der Waals surface area contributed by atoms with Crippen LogP contribution in [0.2, 0.25) is 0 Å². The molecule has 0 amide bonds. The van der Waals surface area contributed by atoms with Crippen molar-refractivity contribution in [2.24, 2.45) is 10.9 Å². The largest absolute Gasteiger partial charge is 0.474 e. The maximum atomic E-state index is 8.57. The molecule has 17 heavy (non-hydrogen) atoms. The second kappa shape index (κ2) is 7.39. The zero-order valence-corrected chi connectivity index (χ0v) is 9.67. The molecule has 0 aliphatic carbocycles. The van der Waals surface area contributed by atoms with Crippen molar-refractivity contribution in [1.82, 2.24) is 9.97 Å². The molecule has 94 valence electrons. The van der Waals surface area contributed by atoms with Gasteiger partial charge in [0.05, 0.1) is 6.61 Å². The fraction of sp³-hybridized carbons (Fsp3) is 0.500. The minimum Gasteiger partial charge on any atom is -0.474 e. The van der Waals surface area contributed by atoms with Gasteiger partial charge in [-0.2, -0.15) is 0 Å². The first-order valence-electron chi connectivity index (χ1n) is 5.29. The summed E-state index contributed by atoms with van der Waals surface area (Å²) >= 11 is 0. The van der Waals surface area contributed by atoms with Gasteiger partial charge in [0.15, 0.2) is 11.5 Å². The van der Waals surface area contributed by atoms with Gasteiger partial charge in [0.1, 0.15) is 6.61 Å². The first-order chi connectivity index (χ1) is 8.29. The minimum absolute atomic E-state index is 0.137. The Labute approximate surface area is 99.3 Å². The van der Waals surface area contributed by atoms with Crippen LogP contribution in [-0.2, 0) is 4.74 Å². The van der Waals surface area contributed by atoms with Crippen molar-refractivity contribution < 1.29 is 14.7 Å². The number of hydrogen-bond donors (Lipinski definition) is 2. The molecule has 1 aromatic heterocycles. The van der Waals surface area contributed by atoms with E-state index in [1.54, 1.807) is 0 Å². The monoisotopic (exact) mass is 240 g/mol. The standard InChI is InChI=1S/C10H16N4O3/c1-2-5-16-6-7-17-10-8(9(11)14-15)12-3-4-13-10/h3-4,15H,2,5-7H2,1H3,(H2,11,14). The van der Waals surface area contributed by atoms with Gasteiger partial charge in [0, 0.05) is 19.0 Å². The Balaban J connectivity index is 2.53. The summed E-state index contributed by atoms with van der Waals surface area (Å²) in [6, 6.07) is 0. The van der Waals surface area contributed by atoms with Gasteiger partial charge in [0.25, 0.3) is 0 Å². The smallest absolute Gasteiger partial charge is 0.244 e. The molecular formula is C10H16N4O3. The molecule has 0 radical (unpaired) electrons. The van der Waals surface area contributed by atoms with E-state index < -0.39 is 0 Å². The third-order valence-corrected chi connectivity index (χ3v) is 1.83. The Morgan fingerprint density at radius 3 is 2.82 bits per heavy atom. The molecule has 0 saturated heterocycles. The second-order valence-electron chi connectivity index (χ2n) is 3.16. The number of hydrogen-bond acceptors (Lipinski definition) is 6. The van der Waals surface area contributed by atoms with Crippen LogP contribution < -0.4 is 10.5 Å². The summed E-state index contributed by atoms with van der Waals surface area (Å²) < 4.78 is 10.6. The van der Waals surface area contributed by atoms with Gasteiger partial charge >= 0.3 is 0 Å². The van der Waals surface area contributed by atoms with E-state index in [1.165, 1.54) is 12.4 Å². The number of aromatic nitrogens is 2. The number of nitrogens with zero attached hydrogens (tertiary/aromatic N) is 3. The predicted molar refractivity (Wildman–Crippen MR) is 61.1 cm³/mol. The Morgan fingerprint density at radius 2 is 2.12 bits per heavy atom. The summed E-state index contributed by atoms with van der Waals surface area (Å²) in [5.74, 6) is 0.0884. The third-order valence-electron chi connectivity index (χ3n) is 1.83. The highest BCUT2D eigenvalue weighted by Crippen LogP contribution is 2.10. The average molecular weight is 240 g/mol. The van der Waals surface area contributed by atoms with Crippen LogP contribution in [0.15, 0.2) is 17.5 Å². The van der Waals surface area contributed by atoms with Crippen LogP contribution in [-0.4, -0.2) is 40.8 Å². The molecule has 0 unspecified atom stereocenters. The molecule has 1 rings (SSSR count). The van der Waals surface area contributed by atoms with E-state index in [2.05, 4.69) is 15.1 Å². The topological polar surface area (TPSA) is 103 Å². The second-order valence-corrected chi connectivity index (χ2v) is 3.16. The fourth-order valence-corrected chi connectivity index (χ4v) is 1.10. The highest BCUT2D eigenvalue weighted by Gasteiger charge is 2.10. The summed E-state index contributed by atoms with van der Waals surface area (Å²) in [5.41, 5.74) is 5.65. The maximum Gasteiger partial charge on any atom is 0.244 e. The molecule has 0 bridgehead atoms. The summed E-state index contributed by atoms with van der Waals surface area (Å²) in [6.07, 6.45) is 3.87. The summed E-state index contributed by atoms with van der Waals surface area (Å²) in [7, 11) is 0. The summed E-state index contributed by atoms with van der Waals surface area (Å²) in [4.78, 5) is 7.87. The van der Waals surface area contributed by atoms with E-state index in [-0.39, 0.29) is 17.4 Å². The van der Waals surface area contributed by atoms with E-state index in [0.717, 1.165) is 6.42 Å². The van der Waals surface area contributed by atoms with Gasteiger partial charge in [-0.05, 0) is 6.42 Å². The molecule has 1 aromatic rings. The number of rotatable bonds is 7. The van der Waals surface area contributed by atoms with Crippen LogP contribution in [0.25, 0.3) is 0 Å². The van der Waals surface area contributed by atoms with Crippen LogP contribution in [0.5, 0.6) is 5.88 Å². The van der Waals surface area contributed by atoms with Crippen LogP contribution in [0.3, 0.4) is 0 Å². The highest BCUT2D eigenvalue weighted by atomic mass is 16.5. The van der Waals surface area contributed by atoms with E-state index in [4.69, 9.17) is 20.4 Å². The molecule has 0 aromatic carbocycles. The predicted octanol–water partition coefficient (Wildman–Crippen LogP) is 0.377. The zero-order valence-electron chi connectivity index (χ0n) is 9.67. The molecule has 0 spiro atoms. The molecule has 7 nitrogen and oxygen atoms in total.